The zero-order chi connectivity index (χ0) is 38.7. The average Bonchev–Trinajstić information content (AvgIpc) is 3.80. The third kappa shape index (κ3) is 4.30. The maximum absolute atomic E-state index is 2.52. The van der Waals surface area contributed by atoms with Gasteiger partial charge in [-0.15, -0.1) is 0 Å². The Kier molecular flexibility index (Phi) is 6.68. The van der Waals surface area contributed by atoms with Gasteiger partial charge in [0.25, 0.3) is 0 Å². The Morgan fingerprint density at radius 2 is 0.983 bits per heavy atom. The standard InChI is InChI=1S/C57H36N2/c1-2-16-37(17-3-1)40-33-35-54(44-23-7-6-21-42(40)44)58(52-31-14-19-38-18-4-5-20-41(38)52)39-32-34-49-47(36-39)43-22-8-10-26-48(43)57(49)50-27-11-13-30-55(50)59-53-29-12-9-24-45(53)46-25-15-28-51(57)56(46)59/h1-36H. The van der Waals surface area contributed by atoms with Crippen molar-refractivity contribution in [2.24, 2.45) is 0 Å². The second-order valence-electron chi connectivity index (χ2n) is 16.0. The molecule has 0 saturated heterocycles. The lowest BCUT2D eigenvalue weighted by Crippen LogP contribution is -2.33. The van der Waals surface area contributed by atoms with E-state index in [1.165, 1.54) is 93.5 Å². The smallest absolute Gasteiger partial charge is 0.0754 e. The van der Waals surface area contributed by atoms with E-state index >= 15 is 0 Å². The van der Waals surface area contributed by atoms with Crippen molar-refractivity contribution >= 4 is 60.4 Å². The van der Waals surface area contributed by atoms with E-state index in [1.807, 2.05) is 0 Å². The van der Waals surface area contributed by atoms with Crippen LogP contribution in [-0.4, -0.2) is 4.57 Å². The number of anilines is 3. The van der Waals surface area contributed by atoms with Crippen molar-refractivity contribution in [2.75, 3.05) is 4.90 Å². The Morgan fingerprint density at radius 1 is 0.356 bits per heavy atom. The van der Waals surface area contributed by atoms with E-state index in [4.69, 9.17) is 0 Å². The van der Waals surface area contributed by atoms with Crippen LogP contribution >= 0.6 is 0 Å². The largest absolute Gasteiger partial charge is 0.309 e. The molecule has 0 amide bonds. The number of aromatic nitrogens is 1. The molecule has 1 unspecified atom stereocenters. The van der Waals surface area contributed by atoms with E-state index < -0.39 is 5.41 Å². The summed E-state index contributed by atoms with van der Waals surface area (Å²) >= 11 is 0. The summed E-state index contributed by atoms with van der Waals surface area (Å²) in [6, 6.07) is 81.1. The Bertz CT molecular complexity index is 3510. The van der Waals surface area contributed by atoms with E-state index in [0.29, 0.717) is 0 Å². The van der Waals surface area contributed by atoms with Gasteiger partial charge < -0.3 is 9.47 Å². The fraction of sp³-hybridized carbons (Fsp3) is 0.0175. The summed E-state index contributed by atoms with van der Waals surface area (Å²) in [5.41, 5.74) is 17.0. The molecule has 11 aromatic rings. The molecule has 13 rings (SSSR count). The lowest BCUT2D eigenvalue weighted by atomic mass is 9.65. The molecule has 0 saturated carbocycles. The highest BCUT2D eigenvalue weighted by Gasteiger charge is 2.50. The third-order valence-electron chi connectivity index (χ3n) is 13.2. The van der Waals surface area contributed by atoms with E-state index in [0.717, 1.165) is 17.1 Å². The average molecular weight is 749 g/mol. The number of fused-ring (bicyclic) bond motifs is 14. The summed E-state index contributed by atoms with van der Waals surface area (Å²) < 4.78 is 2.52. The van der Waals surface area contributed by atoms with Gasteiger partial charge in [-0.3, -0.25) is 0 Å². The van der Waals surface area contributed by atoms with Crippen molar-refractivity contribution in [2.45, 2.75) is 5.41 Å². The van der Waals surface area contributed by atoms with Crippen molar-refractivity contribution in [3.63, 3.8) is 0 Å². The Labute approximate surface area is 342 Å². The van der Waals surface area contributed by atoms with E-state index in [2.05, 4.69) is 228 Å². The summed E-state index contributed by atoms with van der Waals surface area (Å²) in [5.74, 6) is 0. The molecule has 0 N–H and O–H groups in total. The van der Waals surface area contributed by atoms with Crippen LogP contribution in [0.3, 0.4) is 0 Å². The SMILES string of the molecule is c1ccc(-c2ccc(N(c3ccc4c(c3)-c3ccccc3C43c4ccccc4-n4c5ccccc5c5cccc3c54)c3cccc4ccccc34)c3ccccc23)cc1. The predicted molar refractivity (Wildman–Crippen MR) is 247 cm³/mol. The lowest BCUT2D eigenvalue weighted by molar-refractivity contribution is 0.748. The fourth-order valence-corrected chi connectivity index (χ4v) is 10.9. The topological polar surface area (TPSA) is 8.17 Å². The van der Waals surface area contributed by atoms with Gasteiger partial charge in [0.05, 0.1) is 33.5 Å². The van der Waals surface area contributed by atoms with Gasteiger partial charge in [-0.2, -0.15) is 0 Å². The summed E-state index contributed by atoms with van der Waals surface area (Å²) in [7, 11) is 0. The second-order valence-corrected chi connectivity index (χ2v) is 16.0. The van der Waals surface area contributed by atoms with Crippen molar-refractivity contribution in [1.82, 2.24) is 4.57 Å². The minimum Gasteiger partial charge on any atom is -0.309 e. The molecule has 10 aromatic carbocycles. The van der Waals surface area contributed by atoms with Gasteiger partial charge in [-0.05, 0) is 91.7 Å². The van der Waals surface area contributed by atoms with Crippen LogP contribution in [0.1, 0.15) is 22.3 Å². The summed E-state index contributed by atoms with van der Waals surface area (Å²) in [6.45, 7) is 0. The van der Waals surface area contributed by atoms with Crippen LogP contribution in [0.2, 0.25) is 0 Å². The van der Waals surface area contributed by atoms with Gasteiger partial charge in [-0.25, -0.2) is 0 Å². The molecule has 0 radical (unpaired) electrons. The number of para-hydroxylation sites is 3. The molecule has 1 aromatic heterocycles. The first kappa shape index (κ1) is 32.4. The number of hydrogen-bond donors (Lipinski definition) is 0. The number of rotatable bonds is 4. The highest BCUT2D eigenvalue weighted by molar-refractivity contribution is 6.13. The maximum atomic E-state index is 2.52. The molecular formula is C57H36N2. The highest BCUT2D eigenvalue weighted by Crippen LogP contribution is 2.61. The Morgan fingerprint density at radius 3 is 1.88 bits per heavy atom. The molecule has 59 heavy (non-hydrogen) atoms. The molecule has 2 heterocycles. The molecule has 274 valence electrons. The minimum absolute atomic E-state index is 0.501. The van der Waals surface area contributed by atoms with E-state index in [9.17, 15) is 0 Å². The molecule has 1 aliphatic heterocycles. The zero-order valence-electron chi connectivity index (χ0n) is 32.2. The van der Waals surface area contributed by atoms with Gasteiger partial charge >= 0.3 is 0 Å². The first-order valence-electron chi connectivity index (χ1n) is 20.5. The Balaban J connectivity index is 1.11. The van der Waals surface area contributed by atoms with Gasteiger partial charge in [0.1, 0.15) is 0 Å². The normalized spacial score (nSPS) is 14.8. The molecular weight excluding hydrogens is 713 g/mol. The van der Waals surface area contributed by atoms with Crippen molar-refractivity contribution in [1.29, 1.82) is 0 Å². The summed E-state index contributed by atoms with van der Waals surface area (Å²) in [5, 5.41) is 7.45. The van der Waals surface area contributed by atoms with Gasteiger partial charge in [0, 0.05) is 27.2 Å². The number of nitrogens with zero attached hydrogens (tertiary/aromatic N) is 2. The van der Waals surface area contributed by atoms with Crippen LogP contribution in [0.5, 0.6) is 0 Å². The molecule has 0 bridgehead atoms. The second kappa shape index (κ2) is 12.2. The first-order valence-corrected chi connectivity index (χ1v) is 20.5. The van der Waals surface area contributed by atoms with Crippen LogP contribution in [0.25, 0.3) is 71.3 Å². The van der Waals surface area contributed by atoms with Crippen LogP contribution < -0.4 is 4.90 Å². The van der Waals surface area contributed by atoms with E-state index in [1.54, 1.807) is 0 Å². The monoisotopic (exact) mass is 748 g/mol. The number of hydrogen-bond acceptors (Lipinski definition) is 1. The maximum Gasteiger partial charge on any atom is 0.0754 e. The van der Waals surface area contributed by atoms with Gasteiger partial charge in [0.15, 0.2) is 0 Å². The van der Waals surface area contributed by atoms with Crippen LogP contribution in [0, 0.1) is 0 Å². The molecule has 0 fully saturated rings. The summed E-state index contributed by atoms with van der Waals surface area (Å²) in [4.78, 5) is 2.50. The van der Waals surface area contributed by atoms with E-state index in [-0.39, 0.29) is 0 Å². The first-order chi connectivity index (χ1) is 29.3. The lowest BCUT2D eigenvalue weighted by Gasteiger charge is -2.39. The highest BCUT2D eigenvalue weighted by atomic mass is 15.1. The molecule has 2 heteroatoms. The number of benzene rings is 10. The van der Waals surface area contributed by atoms with Crippen molar-refractivity contribution < 1.29 is 0 Å². The van der Waals surface area contributed by atoms with Crippen molar-refractivity contribution in [3.8, 4) is 27.9 Å². The van der Waals surface area contributed by atoms with Gasteiger partial charge in [0.2, 0.25) is 0 Å². The molecule has 1 aliphatic carbocycles. The van der Waals surface area contributed by atoms with Crippen LogP contribution in [0.4, 0.5) is 17.1 Å². The van der Waals surface area contributed by atoms with Gasteiger partial charge in [-0.1, -0.05) is 182 Å². The summed E-state index contributed by atoms with van der Waals surface area (Å²) in [6.07, 6.45) is 0. The molecule has 2 aliphatic rings. The Hall–Kier alpha value is -7.68. The minimum atomic E-state index is -0.501. The molecule has 1 spiro atoms. The zero-order valence-corrected chi connectivity index (χ0v) is 32.2. The fourth-order valence-electron chi connectivity index (χ4n) is 10.9. The van der Waals surface area contributed by atoms with Crippen LogP contribution in [-0.2, 0) is 5.41 Å². The van der Waals surface area contributed by atoms with Crippen LogP contribution in [0.15, 0.2) is 218 Å². The third-order valence-corrected chi connectivity index (χ3v) is 13.2. The predicted octanol–water partition coefficient (Wildman–Crippen LogP) is 14.9. The van der Waals surface area contributed by atoms with Crippen molar-refractivity contribution in [3.05, 3.63) is 241 Å². The quantitative estimate of drug-likeness (QED) is 0.174. The molecule has 2 nitrogen and oxygen atoms in total. The molecule has 1 atom stereocenters.